The molecule has 0 aliphatic carbocycles. The third-order valence-electron chi connectivity index (χ3n) is 3.40. The summed E-state index contributed by atoms with van der Waals surface area (Å²) in [5.74, 6) is -1.63. The van der Waals surface area contributed by atoms with Gasteiger partial charge in [-0.25, -0.2) is 17.7 Å². The highest BCUT2D eigenvalue weighted by atomic mass is 32.2. The minimum absolute atomic E-state index is 0.108. The molecular formula is C15H16N4O4S2. The second kappa shape index (κ2) is 7.26. The van der Waals surface area contributed by atoms with Crippen LogP contribution in [0.2, 0.25) is 0 Å². The van der Waals surface area contributed by atoms with Crippen molar-refractivity contribution < 1.29 is 13.2 Å². The minimum atomic E-state index is -3.74. The summed E-state index contributed by atoms with van der Waals surface area (Å²) in [6.45, 7) is 1.34. The number of thiazole rings is 1. The molecule has 1 unspecified atom stereocenters. The van der Waals surface area contributed by atoms with Crippen molar-refractivity contribution in [2.24, 2.45) is 0 Å². The predicted octanol–water partition coefficient (Wildman–Crippen LogP) is 0.740. The lowest BCUT2D eigenvalue weighted by Gasteiger charge is -2.13. The number of carbonyl (C=O) groups excluding carboxylic acids is 1. The summed E-state index contributed by atoms with van der Waals surface area (Å²) in [7, 11) is -1.00. The minimum Gasteiger partial charge on any atom is -0.307 e. The molecule has 0 aliphatic heterocycles. The van der Waals surface area contributed by atoms with Gasteiger partial charge in [0.1, 0.15) is 5.01 Å². The summed E-state index contributed by atoms with van der Waals surface area (Å²) in [4.78, 5) is 28.4. The van der Waals surface area contributed by atoms with Crippen molar-refractivity contribution >= 4 is 27.1 Å². The summed E-state index contributed by atoms with van der Waals surface area (Å²) in [6, 6.07) is 4.16. The molecule has 2 aromatic rings. The number of aryl methyl sites for hydroxylation is 1. The maximum atomic E-state index is 12.4. The summed E-state index contributed by atoms with van der Waals surface area (Å²) in [5, 5.41) is 11.4. The van der Waals surface area contributed by atoms with Crippen LogP contribution in [0.4, 0.5) is 0 Å². The van der Waals surface area contributed by atoms with Gasteiger partial charge in [0, 0.05) is 37.4 Å². The smallest absolute Gasteiger partial charge is 0.250 e. The molecule has 2 rings (SSSR count). The van der Waals surface area contributed by atoms with Gasteiger partial charge in [-0.1, -0.05) is 0 Å². The Hall–Kier alpha value is -2.35. The van der Waals surface area contributed by atoms with E-state index in [-0.39, 0.29) is 4.90 Å². The lowest BCUT2D eigenvalue weighted by molar-refractivity contribution is -0.120. The van der Waals surface area contributed by atoms with Crippen molar-refractivity contribution in [2.75, 3.05) is 14.1 Å². The van der Waals surface area contributed by atoms with E-state index in [1.165, 1.54) is 31.5 Å². The zero-order valence-electron chi connectivity index (χ0n) is 13.8. The second-order valence-corrected chi connectivity index (χ2v) is 8.52. The second-order valence-electron chi connectivity index (χ2n) is 5.47. The molecule has 0 saturated heterocycles. The molecule has 25 heavy (non-hydrogen) atoms. The van der Waals surface area contributed by atoms with E-state index >= 15 is 0 Å². The molecule has 0 N–H and O–H groups in total. The third kappa shape index (κ3) is 4.01. The van der Waals surface area contributed by atoms with Crippen LogP contribution in [0.1, 0.15) is 16.6 Å². The molecule has 10 heteroatoms. The Balaban J connectivity index is 2.35. The maximum absolute atomic E-state index is 12.4. The Morgan fingerprint density at radius 1 is 1.44 bits per heavy atom. The highest BCUT2D eigenvalue weighted by Crippen LogP contribution is 2.21. The quantitative estimate of drug-likeness (QED) is 0.730. The first-order valence-corrected chi connectivity index (χ1v) is 9.46. The van der Waals surface area contributed by atoms with Crippen LogP contribution in [0.25, 0.3) is 0 Å². The largest absolute Gasteiger partial charge is 0.307 e. The van der Waals surface area contributed by atoms with Gasteiger partial charge in [-0.15, -0.1) is 11.3 Å². The zero-order valence-corrected chi connectivity index (χ0v) is 15.5. The van der Waals surface area contributed by atoms with Gasteiger partial charge in [-0.2, -0.15) is 5.26 Å². The number of carbonyl (C=O) groups is 1. The molecule has 0 amide bonds. The average Bonchev–Trinajstić information content (AvgIpc) is 2.96. The van der Waals surface area contributed by atoms with Gasteiger partial charge in [0.2, 0.25) is 10.0 Å². The van der Waals surface area contributed by atoms with E-state index in [0.717, 1.165) is 21.1 Å². The number of aromatic nitrogens is 2. The van der Waals surface area contributed by atoms with Gasteiger partial charge in [0.15, 0.2) is 11.7 Å². The Morgan fingerprint density at radius 3 is 2.64 bits per heavy atom. The van der Waals surface area contributed by atoms with Crippen LogP contribution < -0.4 is 5.56 Å². The van der Waals surface area contributed by atoms with E-state index in [1.54, 1.807) is 12.3 Å². The number of Topliss-reactive ketones (excluding diaryl/α,β-unsaturated/α-hetero) is 1. The van der Waals surface area contributed by atoms with E-state index in [4.69, 9.17) is 0 Å². The normalized spacial score (nSPS) is 12.8. The summed E-state index contributed by atoms with van der Waals surface area (Å²) >= 11 is 1.19. The number of ketones is 1. The molecule has 0 radical (unpaired) electrons. The predicted molar refractivity (Wildman–Crippen MR) is 91.8 cm³/mol. The molecule has 2 heterocycles. The van der Waals surface area contributed by atoms with Crippen LogP contribution in [-0.4, -0.2) is 42.2 Å². The van der Waals surface area contributed by atoms with Crippen molar-refractivity contribution in [3.63, 3.8) is 0 Å². The number of hydrogen-bond donors (Lipinski definition) is 0. The number of nitriles is 1. The molecule has 132 valence electrons. The number of hydrogen-bond acceptors (Lipinski definition) is 7. The molecule has 1 atom stereocenters. The Bertz CT molecular complexity index is 999. The topological polar surface area (TPSA) is 113 Å². The standard InChI is InChI=1S/C15H16N4O4S2/c1-10-9-24-15(17-10)12(6-16)13(20)8-19-7-11(4-5-14(19)21)25(22,23)18(2)3/h4-5,7,9,12H,8H2,1-3H3. The maximum Gasteiger partial charge on any atom is 0.250 e. The van der Waals surface area contributed by atoms with Crippen LogP contribution in [0.5, 0.6) is 0 Å². The Kier molecular flexibility index (Phi) is 5.52. The summed E-state index contributed by atoms with van der Waals surface area (Å²) in [5.41, 5.74) is 0.169. The molecule has 0 aromatic carbocycles. The molecule has 8 nitrogen and oxygen atoms in total. The van der Waals surface area contributed by atoms with Gasteiger partial charge < -0.3 is 4.57 Å². The summed E-state index contributed by atoms with van der Waals surface area (Å²) < 4.78 is 26.3. The van der Waals surface area contributed by atoms with E-state index in [0.29, 0.717) is 10.7 Å². The Morgan fingerprint density at radius 2 is 2.12 bits per heavy atom. The number of pyridine rings is 1. The molecule has 0 spiro atoms. The summed E-state index contributed by atoms with van der Waals surface area (Å²) in [6.07, 6.45) is 1.11. The Labute approximate surface area is 149 Å². The zero-order chi connectivity index (χ0) is 18.8. The SMILES string of the molecule is Cc1csc(C(C#N)C(=O)Cn2cc(S(=O)(=O)N(C)C)ccc2=O)n1. The fourth-order valence-corrected chi connectivity index (χ4v) is 3.81. The first kappa shape index (κ1) is 19.0. The van der Waals surface area contributed by atoms with Crippen molar-refractivity contribution in [1.29, 1.82) is 5.26 Å². The van der Waals surface area contributed by atoms with Crippen LogP contribution in [0.15, 0.2) is 33.4 Å². The van der Waals surface area contributed by atoms with E-state index in [1.807, 2.05) is 6.07 Å². The number of rotatable bonds is 6. The lowest BCUT2D eigenvalue weighted by atomic mass is 10.1. The van der Waals surface area contributed by atoms with Crippen molar-refractivity contribution in [3.8, 4) is 6.07 Å². The average molecular weight is 380 g/mol. The van der Waals surface area contributed by atoms with Gasteiger partial charge in [0.25, 0.3) is 5.56 Å². The van der Waals surface area contributed by atoms with Gasteiger partial charge in [-0.05, 0) is 13.0 Å². The highest BCUT2D eigenvalue weighted by Gasteiger charge is 2.25. The lowest BCUT2D eigenvalue weighted by Crippen LogP contribution is -2.29. The molecule has 2 aromatic heterocycles. The van der Waals surface area contributed by atoms with Crippen LogP contribution in [-0.2, 0) is 21.4 Å². The van der Waals surface area contributed by atoms with Crippen molar-refractivity contribution in [1.82, 2.24) is 13.9 Å². The monoisotopic (exact) mass is 380 g/mol. The molecular weight excluding hydrogens is 364 g/mol. The van der Waals surface area contributed by atoms with Gasteiger partial charge in [-0.3, -0.25) is 9.59 Å². The third-order valence-corrected chi connectivity index (χ3v) is 6.22. The number of sulfonamides is 1. The highest BCUT2D eigenvalue weighted by molar-refractivity contribution is 7.89. The van der Waals surface area contributed by atoms with Gasteiger partial charge >= 0.3 is 0 Å². The van der Waals surface area contributed by atoms with E-state index in [2.05, 4.69) is 4.98 Å². The van der Waals surface area contributed by atoms with E-state index in [9.17, 15) is 23.3 Å². The van der Waals surface area contributed by atoms with Crippen LogP contribution >= 0.6 is 11.3 Å². The first-order valence-electron chi connectivity index (χ1n) is 7.14. The van der Waals surface area contributed by atoms with Crippen LogP contribution in [0.3, 0.4) is 0 Å². The van der Waals surface area contributed by atoms with Crippen molar-refractivity contribution in [2.45, 2.75) is 24.3 Å². The fourth-order valence-electron chi connectivity index (χ4n) is 2.03. The number of nitrogens with zero attached hydrogens (tertiary/aromatic N) is 4. The fraction of sp³-hybridized carbons (Fsp3) is 0.333. The van der Waals surface area contributed by atoms with Crippen LogP contribution in [0, 0.1) is 18.3 Å². The molecule has 0 saturated carbocycles. The first-order chi connectivity index (χ1) is 11.7. The van der Waals surface area contributed by atoms with Gasteiger partial charge in [0.05, 0.1) is 17.5 Å². The molecule has 0 aliphatic rings. The molecule has 0 bridgehead atoms. The van der Waals surface area contributed by atoms with Crippen molar-refractivity contribution in [3.05, 3.63) is 44.8 Å². The van der Waals surface area contributed by atoms with E-state index < -0.39 is 33.8 Å². The molecule has 0 fully saturated rings.